The number of hydrogen-bond donors (Lipinski definition) is 2. The Morgan fingerprint density at radius 2 is 1.71 bits per heavy atom. The summed E-state index contributed by atoms with van der Waals surface area (Å²) >= 11 is 0. The Bertz CT molecular complexity index is 1050. The van der Waals surface area contributed by atoms with Crippen LogP contribution in [-0.2, 0) is 19.1 Å². The molecule has 0 aromatic heterocycles. The highest BCUT2D eigenvalue weighted by Crippen LogP contribution is 2.57. The van der Waals surface area contributed by atoms with Crippen LogP contribution < -0.4 is 10.6 Å². The molecule has 34 heavy (non-hydrogen) atoms. The van der Waals surface area contributed by atoms with Crippen molar-refractivity contribution in [2.45, 2.75) is 88.6 Å². The molecule has 0 radical (unpaired) electrons. The van der Waals surface area contributed by atoms with E-state index >= 15 is 0 Å². The number of amides is 3. The van der Waals surface area contributed by atoms with Crippen LogP contribution in [-0.4, -0.2) is 52.5 Å². The van der Waals surface area contributed by atoms with E-state index in [4.69, 9.17) is 4.74 Å². The Morgan fingerprint density at radius 1 is 1.00 bits per heavy atom. The van der Waals surface area contributed by atoms with Crippen LogP contribution in [0.5, 0.6) is 0 Å². The Balaban J connectivity index is 1.29. The van der Waals surface area contributed by atoms with Gasteiger partial charge in [0.25, 0.3) is 0 Å². The van der Waals surface area contributed by atoms with Gasteiger partial charge in [-0.05, 0) is 62.8 Å². The molecule has 2 N–H and O–H groups in total. The molecule has 7 heteroatoms. The first-order valence-corrected chi connectivity index (χ1v) is 12.8. The van der Waals surface area contributed by atoms with E-state index in [9.17, 15) is 14.4 Å². The number of nitrogens with one attached hydrogen (secondary N) is 2. The summed E-state index contributed by atoms with van der Waals surface area (Å²) < 4.78 is 6.41. The highest BCUT2D eigenvalue weighted by molar-refractivity contribution is 6.03. The first kappa shape index (κ1) is 21.8. The summed E-state index contributed by atoms with van der Waals surface area (Å²) in [6.07, 6.45) is 10.5. The Morgan fingerprint density at radius 3 is 2.38 bits per heavy atom. The van der Waals surface area contributed by atoms with Gasteiger partial charge in [0.15, 0.2) is 0 Å². The van der Waals surface area contributed by atoms with Crippen LogP contribution in [0.1, 0.15) is 56.1 Å². The fourth-order valence-corrected chi connectivity index (χ4v) is 6.75. The lowest BCUT2D eigenvalue weighted by Crippen LogP contribution is -2.57. The molecular weight excluding hydrogens is 430 g/mol. The monoisotopic (exact) mass is 463 g/mol. The molecule has 1 aromatic rings. The van der Waals surface area contributed by atoms with E-state index in [-0.39, 0.29) is 29.8 Å². The van der Waals surface area contributed by atoms with Crippen LogP contribution >= 0.6 is 0 Å². The molecule has 2 saturated carbocycles. The second-order valence-electron chi connectivity index (χ2n) is 10.9. The van der Waals surface area contributed by atoms with Crippen LogP contribution in [0.3, 0.4) is 0 Å². The summed E-state index contributed by atoms with van der Waals surface area (Å²) in [6, 6.07) is 5.42. The van der Waals surface area contributed by atoms with E-state index in [0.717, 1.165) is 55.3 Å². The van der Waals surface area contributed by atoms with Gasteiger partial charge in [0.1, 0.15) is 11.6 Å². The van der Waals surface area contributed by atoms with Gasteiger partial charge in [0.05, 0.1) is 17.9 Å². The van der Waals surface area contributed by atoms with Gasteiger partial charge in [-0.3, -0.25) is 14.4 Å². The van der Waals surface area contributed by atoms with E-state index < -0.39 is 29.6 Å². The summed E-state index contributed by atoms with van der Waals surface area (Å²) in [4.78, 5) is 42.7. The third kappa shape index (κ3) is 3.39. The average molecular weight is 464 g/mol. The van der Waals surface area contributed by atoms with E-state index in [1.807, 2.05) is 38.1 Å². The molecule has 5 atom stereocenters. The fraction of sp³-hybridized carbons (Fsp3) is 0.593. The number of likely N-dealkylation sites (tertiary alicyclic amines) is 1. The second kappa shape index (κ2) is 7.94. The standard InChI is InChI=1S/C27H33N3O4/c1-15-12-16(2)14-18(13-15)29-24(31)21-20-10-11-27(34-20)22(21)26(33)30(19-8-9-19)23(27)25(32)28-17-6-4-3-5-7-17/h10-14,17,19-23H,3-9H2,1-2H3,(H,28,32)(H,29,31)/t20-,21+,22-,23-,27-/m0/s1. The summed E-state index contributed by atoms with van der Waals surface area (Å²) in [5.74, 6) is -1.78. The SMILES string of the molecule is Cc1cc(C)cc(NC(=O)[C@@H]2[C@@H]3C=C[C@]4(O3)[C@@H]2C(=O)N(C2CC2)[C@H]4C(=O)NC2CCCCC2)c1. The molecule has 4 fully saturated rings. The van der Waals surface area contributed by atoms with Crippen molar-refractivity contribution in [2.75, 3.05) is 5.32 Å². The lowest BCUT2D eigenvalue weighted by molar-refractivity contribution is -0.142. The van der Waals surface area contributed by atoms with E-state index in [0.29, 0.717) is 0 Å². The smallest absolute Gasteiger partial charge is 0.246 e. The minimum Gasteiger partial charge on any atom is -0.359 e. The molecule has 2 aliphatic carbocycles. The predicted octanol–water partition coefficient (Wildman–Crippen LogP) is 3.00. The molecule has 2 bridgehead atoms. The number of rotatable bonds is 5. The second-order valence-corrected chi connectivity index (χ2v) is 10.9. The van der Waals surface area contributed by atoms with Gasteiger partial charge >= 0.3 is 0 Å². The Labute approximate surface area is 200 Å². The molecule has 0 unspecified atom stereocenters. The van der Waals surface area contributed by atoms with Gasteiger partial charge in [-0.1, -0.05) is 37.5 Å². The molecule has 7 nitrogen and oxygen atoms in total. The molecule has 1 spiro atoms. The van der Waals surface area contributed by atoms with Gasteiger partial charge in [0.2, 0.25) is 17.7 Å². The van der Waals surface area contributed by atoms with Crippen molar-refractivity contribution in [1.29, 1.82) is 0 Å². The maximum Gasteiger partial charge on any atom is 0.246 e. The van der Waals surface area contributed by atoms with Crippen LogP contribution in [0.2, 0.25) is 0 Å². The summed E-state index contributed by atoms with van der Waals surface area (Å²) in [5, 5.41) is 6.26. The maximum absolute atomic E-state index is 13.8. The molecule has 5 aliphatic rings. The van der Waals surface area contributed by atoms with Crippen molar-refractivity contribution in [3.63, 3.8) is 0 Å². The zero-order chi connectivity index (χ0) is 23.6. The predicted molar refractivity (Wildman–Crippen MR) is 127 cm³/mol. The van der Waals surface area contributed by atoms with Gasteiger partial charge in [0, 0.05) is 17.8 Å². The molecule has 2 saturated heterocycles. The minimum atomic E-state index is -1.06. The number of anilines is 1. The molecule has 180 valence electrons. The number of aryl methyl sites for hydroxylation is 2. The van der Waals surface area contributed by atoms with Crippen LogP contribution in [0.25, 0.3) is 0 Å². The number of nitrogens with zero attached hydrogens (tertiary/aromatic N) is 1. The van der Waals surface area contributed by atoms with Gasteiger partial charge in [-0.25, -0.2) is 0 Å². The van der Waals surface area contributed by atoms with E-state index in [1.54, 1.807) is 4.90 Å². The zero-order valence-corrected chi connectivity index (χ0v) is 19.9. The summed E-state index contributed by atoms with van der Waals surface area (Å²) in [6.45, 7) is 3.98. The number of carbonyl (C=O) groups excluding carboxylic acids is 3. The van der Waals surface area contributed by atoms with Crippen molar-refractivity contribution in [1.82, 2.24) is 10.2 Å². The Kier molecular flexibility index (Phi) is 5.10. The van der Waals surface area contributed by atoms with Gasteiger partial charge in [-0.15, -0.1) is 0 Å². The lowest BCUT2D eigenvalue weighted by atomic mass is 9.74. The largest absolute Gasteiger partial charge is 0.359 e. The molecular formula is C27H33N3O4. The Hall–Kier alpha value is -2.67. The zero-order valence-electron chi connectivity index (χ0n) is 19.9. The number of hydrogen-bond acceptors (Lipinski definition) is 4. The lowest BCUT2D eigenvalue weighted by Gasteiger charge is -2.34. The summed E-state index contributed by atoms with van der Waals surface area (Å²) in [7, 11) is 0. The van der Waals surface area contributed by atoms with Crippen LogP contribution in [0.4, 0.5) is 5.69 Å². The van der Waals surface area contributed by atoms with Crippen LogP contribution in [0.15, 0.2) is 30.4 Å². The van der Waals surface area contributed by atoms with Crippen LogP contribution in [0, 0.1) is 25.7 Å². The molecule has 3 heterocycles. The fourth-order valence-electron chi connectivity index (χ4n) is 6.75. The maximum atomic E-state index is 13.8. The molecule has 1 aromatic carbocycles. The first-order chi connectivity index (χ1) is 16.4. The average Bonchev–Trinajstić information content (AvgIpc) is 3.38. The van der Waals surface area contributed by atoms with E-state index in [2.05, 4.69) is 16.7 Å². The number of carbonyl (C=O) groups is 3. The molecule has 3 aliphatic heterocycles. The van der Waals surface area contributed by atoms with Gasteiger partial charge < -0.3 is 20.3 Å². The summed E-state index contributed by atoms with van der Waals surface area (Å²) in [5.41, 5.74) is 1.78. The third-order valence-corrected chi connectivity index (χ3v) is 8.24. The first-order valence-electron chi connectivity index (χ1n) is 12.8. The molecule has 6 rings (SSSR count). The third-order valence-electron chi connectivity index (χ3n) is 8.24. The number of benzene rings is 1. The highest BCUT2D eigenvalue weighted by atomic mass is 16.5. The minimum absolute atomic E-state index is 0.0637. The van der Waals surface area contributed by atoms with Crippen molar-refractivity contribution < 1.29 is 19.1 Å². The van der Waals surface area contributed by atoms with Crippen molar-refractivity contribution in [3.05, 3.63) is 41.5 Å². The van der Waals surface area contributed by atoms with Crippen molar-refractivity contribution in [2.24, 2.45) is 11.8 Å². The number of ether oxygens (including phenoxy) is 1. The number of fused-ring (bicyclic) bond motifs is 1. The quantitative estimate of drug-likeness (QED) is 0.657. The van der Waals surface area contributed by atoms with Crippen molar-refractivity contribution in [3.8, 4) is 0 Å². The molecule has 3 amide bonds. The van der Waals surface area contributed by atoms with E-state index in [1.165, 1.54) is 6.42 Å². The topological polar surface area (TPSA) is 87.7 Å². The van der Waals surface area contributed by atoms with Gasteiger partial charge in [-0.2, -0.15) is 0 Å². The highest BCUT2D eigenvalue weighted by Gasteiger charge is 2.74. The van der Waals surface area contributed by atoms with Crippen molar-refractivity contribution >= 4 is 23.4 Å². The normalized spacial score (nSPS) is 34.4.